The molecule has 0 unspecified atom stereocenters. The second kappa shape index (κ2) is 7.79. The highest BCUT2D eigenvalue weighted by Crippen LogP contribution is 2.26. The molecule has 0 atom stereocenters. The number of carbonyl (C=O) groups is 1. The van der Waals surface area contributed by atoms with Gasteiger partial charge in [-0.1, -0.05) is 12.1 Å². The van der Waals surface area contributed by atoms with Crippen molar-refractivity contribution in [1.29, 1.82) is 0 Å². The fourth-order valence-corrected chi connectivity index (χ4v) is 4.81. The lowest BCUT2D eigenvalue weighted by Gasteiger charge is -2.16. The molecule has 1 aliphatic rings. The van der Waals surface area contributed by atoms with Crippen molar-refractivity contribution < 1.29 is 4.79 Å². The first-order valence-corrected chi connectivity index (χ1v) is 10.9. The Morgan fingerprint density at radius 1 is 1.10 bits per heavy atom. The summed E-state index contributed by atoms with van der Waals surface area (Å²) in [4.78, 5) is 21.6. The van der Waals surface area contributed by atoms with Crippen LogP contribution in [-0.4, -0.2) is 20.4 Å². The van der Waals surface area contributed by atoms with E-state index in [2.05, 4.69) is 25.9 Å². The molecule has 4 aromatic rings. The normalized spacial score (nSPS) is 13.4. The van der Waals surface area contributed by atoms with Gasteiger partial charge in [-0.15, -0.1) is 11.3 Å². The average Bonchev–Trinajstić information content (AvgIpc) is 3.37. The molecule has 0 aliphatic carbocycles. The topological polar surface area (TPSA) is 59.8 Å². The molecule has 1 N–H and O–H groups in total. The Kier molecular flexibility index (Phi) is 4.86. The van der Waals surface area contributed by atoms with E-state index in [1.807, 2.05) is 48.7 Å². The van der Waals surface area contributed by atoms with E-state index in [9.17, 15) is 4.79 Å². The van der Waals surface area contributed by atoms with Crippen LogP contribution in [0, 0.1) is 0 Å². The molecule has 0 radical (unpaired) electrons. The minimum atomic E-state index is 0.00944. The number of nitrogens with one attached hydrogen (secondary N) is 1. The zero-order valence-electron chi connectivity index (χ0n) is 16.1. The van der Waals surface area contributed by atoms with E-state index in [1.165, 1.54) is 23.2 Å². The lowest BCUT2D eigenvalue weighted by Crippen LogP contribution is -2.12. The number of hydrogen-bond acceptors (Lipinski definition) is 4. The number of anilines is 1. The molecule has 0 spiro atoms. The fourth-order valence-electron chi connectivity index (χ4n) is 3.84. The monoisotopic (exact) mass is 402 g/mol. The number of nitrogens with zero attached hydrogens (tertiary/aromatic N) is 3. The maximum absolute atomic E-state index is 12.4. The molecule has 29 heavy (non-hydrogen) atoms. The summed E-state index contributed by atoms with van der Waals surface area (Å²) in [5, 5.41) is 3.99. The van der Waals surface area contributed by atoms with Gasteiger partial charge in [0.1, 0.15) is 5.82 Å². The van der Waals surface area contributed by atoms with E-state index in [0.29, 0.717) is 12.8 Å². The van der Waals surface area contributed by atoms with Crippen LogP contribution in [-0.2, 0) is 24.2 Å². The van der Waals surface area contributed by atoms with Gasteiger partial charge in [0, 0.05) is 42.5 Å². The molecule has 0 saturated heterocycles. The minimum absolute atomic E-state index is 0.00944. The molecule has 0 bridgehead atoms. The SMILES string of the molecule is O=C(CCc1nc2ccccc2s1)Nc1ccc(-c2ncc3n2CCCC3)cc1. The number of aryl methyl sites for hydroxylation is 2. The van der Waals surface area contributed by atoms with E-state index < -0.39 is 0 Å². The first-order chi connectivity index (χ1) is 14.3. The molecule has 1 amide bonds. The molecule has 6 heteroatoms. The maximum Gasteiger partial charge on any atom is 0.224 e. The quantitative estimate of drug-likeness (QED) is 0.507. The summed E-state index contributed by atoms with van der Waals surface area (Å²) in [6.45, 7) is 1.04. The van der Waals surface area contributed by atoms with Crippen molar-refractivity contribution in [3.8, 4) is 11.4 Å². The predicted molar refractivity (Wildman–Crippen MR) is 117 cm³/mol. The molecule has 2 aromatic carbocycles. The van der Waals surface area contributed by atoms with Gasteiger partial charge in [0.25, 0.3) is 0 Å². The average molecular weight is 403 g/mol. The van der Waals surface area contributed by atoms with Crippen molar-refractivity contribution in [2.75, 3.05) is 5.32 Å². The molecule has 1 aliphatic heterocycles. The highest BCUT2D eigenvalue weighted by atomic mass is 32.1. The molecular weight excluding hydrogens is 380 g/mol. The molecule has 3 heterocycles. The Balaban J connectivity index is 1.21. The van der Waals surface area contributed by atoms with Gasteiger partial charge in [-0.05, 0) is 55.7 Å². The molecule has 146 valence electrons. The van der Waals surface area contributed by atoms with E-state index >= 15 is 0 Å². The van der Waals surface area contributed by atoms with Gasteiger partial charge in [-0.2, -0.15) is 0 Å². The van der Waals surface area contributed by atoms with E-state index in [0.717, 1.165) is 40.6 Å². The van der Waals surface area contributed by atoms with Crippen LogP contribution in [0.3, 0.4) is 0 Å². The standard InChI is InChI=1S/C23H22N4OS/c28-21(12-13-22-26-19-6-1-2-7-20(19)29-22)25-17-10-8-16(9-11-17)23-24-15-18-5-3-4-14-27(18)23/h1-2,6-11,15H,3-5,12-14H2,(H,25,28). The van der Waals surface area contributed by atoms with Crippen LogP contribution in [0.4, 0.5) is 5.69 Å². The Morgan fingerprint density at radius 2 is 1.97 bits per heavy atom. The lowest BCUT2D eigenvalue weighted by molar-refractivity contribution is -0.116. The van der Waals surface area contributed by atoms with E-state index in [1.54, 1.807) is 11.3 Å². The number of carbonyl (C=O) groups excluding carboxylic acids is 1. The Hall–Kier alpha value is -2.99. The van der Waals surface area contributed by atoms with Gasteiger partial charge in [0.05, 0.1) is 15.2 Å². The number of fused-ring (bicyclic) bond motifs is 2. The van der Waals surface area contributed by atoms with Crippen LogP contribution in [0.25, 0.3) is 21.6 Å². The smallest absolute Gasteiger partial charge is 0.224 e. The van der Waals surface area contributed by atoms with Crippen LogP contribution >= 0.6 is 11.3 Å². The molecule has 2 aromatic heterocycles. The lowest BCUT2D eigenvalue weighted by atomic mass is 10.1. The van der Waals surface area contributed by atoms with Crippen LogP contribution in [0.15, 0.2) is 54.7 Å². The van der Waals surface area contributed by atoms with Crippen molar-refractivity contribution in [2.45, 2.75) is 38.6 Å². The number of para-hydroxylation sites is 1. The number of aromatic nitrogens is 3. The fraction of sp³-hybridized carbons (Fsp3) is 0.261. The van der Waals surface area contributed by atoms with Crippen LogP contribution < -0.4 is 5.32 Å². The minimum Gasteiger partial charge on any atom is -0.328 e. The molecule has 5 rings (SSSR count). The number of amides is 1. The molecule has 0 saturated carbocycles. The van der Waals surface area contributed by atoms with Crippen LogP contribution in [0.1, 0.15) is 30.0 Å². The third kappa shape index (κ3) is 3.80. The van der Waals surface area contributed by atoms with Gasteiger partial charge in [0.15, 0.2) is 0 Å². The zero-order chi connectivity index (χ0) is 19.6. The zero-order valence-corrected chi connectivity index (χ0v) is 16.9. The van der Waals surface area contributed by atoms with Crippen LogP contribution in [0.2, 0.25) is 0 Å². The Bertz CT molecular complexity index is 1130. The number of hydrogen-bond donors (Lipinski definition) is 1. The first-order valence-electron chi connectivity index (χ1n) is 10.1. The van der Waals surface area contributed by atoms with E-state index in [4.69, 9.17) is 0 Å². The van der Waals surface area contributed by atoms with Crippen molar-refractivity contribution >= 4 is 33.1 Å². The molecular formula is C23H22N4OS. The van der Waals surface area contributed by atoms with Crippen molar-refractivity contribution in [2.24, 2.45) is 0 Å². The second-order valence-electron chi connectivity index (χ2n) is 7.38. The summed E-state index contributed by atoms with van der Waals surface area (Å²) < 4.78 is 3.48. The van der Waals surface area contributed by atoms with Gasteiger partial charge in [-0.3, -0.25) is 4.79 Å². The summed E-state index contributed by atoms with van der Waals surface area (Å²) in [6.07, 6.45) is 6.63. The predicted octanol–water partition coefficient (Wildman–Crippen LogP) is 5.07. The summed E-state index contributed by atoms with van der Waals surface area (Å²) in [6, 6.07) is 16.1. The van der Waals surface area contributed by atoms with Crippen LogP contribution in [0.5, 0.6) is 0 Å². The Morgan fingerprint density at radius 3 is 2.83 bits per heavy atom. The number of benzene rings is 2. The summed E-state index contributed by atoms with van der Waals surface area (Å²) in [5.41, 5.74) is 4.22. The van der Waals surface area contributed by atoms with Crippen molar-refractivity contribution in [3.05, 3.63) is 65.4 Å². The third-order valence-corrected chi connectivity index (χ3v) is 6.43. The largest absolute Gasteiger partial charge is 0.328 e. The van der Waals surface area contributed by atoms with Crippen molar-refractivity contribution in [1.82, 2.24) is 14.5 Å². The number of imidazole rings is 1. The molecule has 0 fully saturated rings. The first kappa shape index (κ1) is 18.1. The summed E-state index contributed by atoms with van der Waals surface area (Å²) in [5.74, 6) is 1.03. The highest BCUT2D eigenvalue weighted by Gasteiger charge is 2.15. The number of rotatable bonds is 5. The Labute approximate surface area is 173 Å². The molecule has 5 nitrogen and oxygen atoms in total. The van der Waals surface area contributed by atoms with E-state index in [-0.39, 0.29) is 5.91 Å². The number of thiazole rings is 1. The van der Waals surface area contributed by atoms with Gasteiger partial charge in [0.2, 0.25) is 5.91 Å². The highest BCUT2D eigenvalue weighted by molar-refractivity contribution is 7.18. The summed E-state index contributed by atoms with van der Waals surface area (Å²) >= 11 is 1.66. The second-order valence-corrected chi connectivity index (χ2v) is 8.50. The maximum atomic E-state index is 12.4. The van der Waals surface area contributed by atoms with Gasteiger partial charge in [-0.25, -0.2) is 9.97 Å². The van der Waals surface area contributed by atoms with Crippen molar-refractivity contribution in [3.63, 3.8) is 0 Å². The third-order valence-electron chi connectivity index (χ3n) is 5.33. The van der Waals surface area contributed by atoms with Gasteiger partial charge >= 0.3 is 0 Å². The van der Waals surface area contributed by atoms with Gasteiger partial charge < -0.3 is 9.88 Å². The summed E-state index contributed by atoms with van der Waals surface area (Å²) in [7, 11) is 0.